The Morgan fingerprint density at radius 3 is 2.92 bits per heavy atom. The van der Waals surface area contributed by atoms with Crippen LogP contribution in [-0.2, 0) is 11.2 Å². The molecule has 4 N–H and O–H groups in total. The van der Waals surface area contributed by atoms with E-state index in [9.17, 15) is 4.79 Å². The maximum absolute atomic E-state index is 10.3. The number of nitrogens with two attached hydrogens (primary N) is 1. The summed E-state index contributed by atoms with van der Waals surface area (Å²) >= 11 is 0. The lowest BCUT2D eigenvalue weighted by Crippen LogP contribution is -2.32. The maximum atomic E-state index is 10.3. The molecule has 0 aliphatic heterocycles. The van der Waals surface area contributed by atoms with Crippen LogP contribution in [0, 0.1) is 0 Å². The van der Waals surface area contributed by atoms with Crippen LogP contribution < -0.4 is 5.73 Å². The van der Waals surface area contributed by atoms with Gasteiger partial charge in [0.05, 0.1) is 12.0 Å². The normalized spacial score (nSPS) is 11.8. The van der Waals surface area contributed by atoms with Gasteiger partial charge >= 0.3 is 5.97 Å². The zero-order chi connectivity index (χ0) is 8.27. The smallest absolute Gasteiger partial charge is 0.320 e. The average molecular weight is 171 g/mol. The van der Waals surface area contributed by atoms with Gasteiger partial charge in [-0.1, -0.05) is 7.43 Å². The largest absolute Gasteiger partial charge is 0.480 e. The Balaban J connectivity index is 0.00000121. The van der Waals surface area contributed by atoms with Crippen molar-refractivity contribution in [3.63, 3.8) is 0 Å². The minimum Gasteiger partial charge on any atom is -0.480 e. The van der Waals surface area contributed by atoms with E-state index >= 15 is 0 Å². The number of nitrogens with one attached hydrogen (secondary N) is 1. The van der Waals surface area contributed by atoms with E-state index in [1.165, 1.54) is 6.33 Å². The van der Waals surface area contributed by atoms with Crippen molar-refractivity contribution >= 4 is 5.97 Å². The predicted octanol–water partition coefficient (Wildman–Crippen LogP) is 0.000200. The molecule has 1 rings (SSSR count). The van der Waals surface area contributed by atoms with Gasteiger partial charge in [-0.2, -0.15) is 0 Å². The first kappa shape index (κ1) is 10.6. The fraction of sp³-hybridized carbons (Fsp3) is 0.429. The lowest BCUT2D eigenvalue weighted by atomic mass is 10.2. The summed E-state index contributed by atoms with van der Waals surface area (Å²) in [5, 5.41) is 8.42. The molecule has 0 aliphatic rings. The van der Waals surface area contributed by atoms with E-state index in [4.69, 9.17) is 10.8 Å². The Hall–Kier alpha value is -1.36. The summed E-state index contributed by atoms with van der Waals surface area (Å²) in [6.07, 6.45) is 3.38. The highest BCUT2D eigenvalue weighted by molar-refractivity contribution is 5.73. The molecule has 0 spiro atoms. The van der Waals surface area contributed by atoms with E-state index in [1.54, 1.807) is 6.20 Å². The number of hydrogen-bond acceptors (Lipinski definition) is 3. The van der Waals surface area contributed by atoms with Crippen molar-refractivity contribution in [1.82, 2.24) is 9.97 Å². The van der Waals surface area contributed by atoms with Crippen LogP contribution in [0.4, 0.5) is 0 Å². The summed E-state index contributed by atoms with van der Waals surface area (Å²) < 4.78 is 0. The highest BCUT2D eigenvalue weighted by Gasteiger charge is 2.12. The minimum atomic E-state index is -1.01. The minimum absolute atomic E-state index is 0. The quantitative estimate of drug-likeness (QED) is 0.596. The lowest BCUT2D eigenvalue weighted by molar-refractivity contribution is -0.138. The fourth-order valence-electron chi connectivity index (χ4n) is 0.715. The summed E-state index contributed by atoms with van der Waals surface area (Å²) in [4.78, 5) is 16.8. The number of imidazole rings is 1. The van der Waals surface area contributed by atoms with Gasteiger partial charge in [-0.05, 0) is 0 Å². The number of carbonyl (C=O) groups is 1. The molecule has 68 valence electrons. The SMILES string of the molecule is C.N[C@H](Cc1c[nH]cn1)C(=O)O. The average Bonchev–Trinajstić information content (AvgIpc) is 2.39. The van der Waals surface area contributed by atoms with Crippen molar-refractivity contribution in [2.75, 3.05) is 0 Å². The van der Waals surface area contributed by atoms with Crippen LogP contribution in [0.5, 0.6) is 0 Å². The molecule has 0 saturated heterocycles. The molecule has 12 heavy (non-hydrogen) atoms. The van der Waals surface area contributed by atoms with Crippen LogP contribution in [0.25, 0.3) is 0 Å². The van der Waals surface area contributed by atoms with Gasteiger partial charge in [-0.15, -0.1) is 0 Å². The molecule has 1 aromatic heterocycles. The summed E-state index contributed by atoms with van der Waals surface area (Å²) in [5.41, 5.74) is 5.92. The number of rotatable bonds is 3. The number of aromatic amines is 1. The van der Waals surface area contributed by atoms with Crippen molar-refractivity contribution in [3.05, 3.63) is 18.2 Å². The third-order valence-electron chi connectivity index (χ3n) is 1.30. The maximum Gasteiger partial charge on any atom is 0.320 e. The standard InChI is InChI=1S/C6H9N3O2.CH4/c7-5(6(10)11)1-4-2-8-3-9-4;/h2-3,5H,1,7H2,(H,8,9)(H,10,11);1H4/t5-;/m1./s1. The first-order valence-corrected chi connectivity index (χ1v) is 3.16. The van der Waals surface area contributed by atoms with Crippen LogP contribution in [0.2, 0.25) is 0 Å². The van der Waals surface area contributed by atoms with E-state index in [2.05, 4.69) is 9.97 Å². The molecule has 0 aliphatic carbocycles. The Bertz CT molecular complexity index is 233. The van der Waals surface area contributed by atoms with Crippen LogP contribution in [0.15, 0.2) is 12.5 Å². The monoisotopic (exact) mass is 171 g/mol. The topological polar surface area (TPSA) is 92.0 Å². The molecule has 5 heteroatoms. The van der Waals surface area contributed by atoms with Gasteiger partial charge < -0.3 is 15.8 Å². The second kappa shape index (κ2) is 4.50. The van der Waals surface area contributed by atoms with Gasteiger partial charge in [0.1, 0.15) is 6.04 Å². The van der Waals surface area contributed by atoms with Crippen molar-refractivity contribution in [2.45, 2.75) is 19.9 Å². The van der Waals surface area contributed by atoms with E-state index in [1.807, 2.05) is 0 Å². The molecule has 5 nitrogen and oxygen atoms in total. The third kappa shape index (κ3) is 2.71. The van der Waals surface area contributed by atoms with Crippen LogP contribution >= 0.6 is 0 Å². The van der Waals surface area contributed by atoms with Crippen molar-refractivity contribution in [1.29, 1.82) is 0 Å². The van der Waals surface area contributed by atoms with Crippen LogP contribution in [-0.4, -0.2) is 27.1 Å². The van der Waals surface area contributed by atoms with Crippen LogP contribution in [0.1, 0.15) is 13.1 Å². The molecular formula is C7H13N3O2. The fourth-order valence-corrected chi connectivity index (χ4v) is 0.715. The van der Waals surface area contributed by atoms with Gasteiger partial charge in [-0.25, -0.2) is 4.98 Å². The van der Waals surface area contributed by atoms with Gasteiger partial charge in [0.25, 0.3) is 0 Å². The molecule has 1 heterocycles. The van der Waals surface area contributed by atoms with Crippen molar-refractivity contribution < 1.29 is 9.90 Å². The van der Waals surface area contributed by atoms with E-state index in [0.717, 1.165) is 0 Å². The lowest BCUT2D eigenvalue weighted by Gasteiger charge is -2.01. The molecule has 0 unspecified atom stereocenters. The summed E-state index contributed by atoms with van der Waals surface area (Å²) in [5.74, 6) is -1.01. The molecule has 0 radical (unpaired) electrons. The van der Waals surface area contributed by atoms with Gasteiger partial charge in [0.15, 0.2) is 0 Å². The number of carboxylic acid groups (broad SMARTS) is 1. The molecule has 0 saturated carbocycles. The van der Waals surface area contributed by atoms with E-state index in [0.29, 0.717) is 5.69 Å². The number of aromatic nitrogens is 2. The summed E-state index contributed by atoms with van der Waals surface area (Å²) in [6, 6.07) is -0.863. The van der Waals surface area contributed by atoms with Crippen molar-refractivity contribution in [2.24, 2.45) is 5.73 Å². The second-order valence-electron chi connectivity index (χ2n) is 2.21. The highest BCUT2D eigenvalue weighted by Crippen LogP contribution is 1.95. The number of nitrogens with zero attached hydrogens (tertiary/aromatic N) is 1. The molecule has 0 bridgehead atoms. The summed E-state index contributed by atoms with van der Waals surface area (Å²) in [6.45, 7) is 0. The Morgan fingerprint density at radius 1 is 1.83 bits per heavy atom. The van der Waals surface area contributed by atoms with Gasteiger partial charge in [0, 0.05) is 12.6 Å². The Labute approximate surface area is 70.6 Å². The van der Waals surface area contributed by atoms with Gasteiger partial charge in [-0.3, -0.25) is 4.79 Å². The number of hydrogen-bond donors (Lipinski definition) is 3. The number of H-pyrrole nitrogens is 1. The Kier molecular flexibility index (Phi) is 3.99. The molecule has 0 aromatic carbocycles. The molecule has 1 atom stereocenters. The second-order valence-corrected chi connectivity index (χ2v) is 2.21. The molecule has 0 amide bonds. The first-order valence-electron chi connectivity index (χ1n) is 3.16. The van der Waals surface area contributed by atoms with Crippen molar-refractivity contribution in [3.8, 4) is 0 Å². The summed E-state index contributed by atoms with van der Waals surface area (Å²) in [7, 11) is 0. The first-order chi connectivity index (χ1) is 5.20. The van der Waals surface area contributed by atoms with Crippen LogP contribution in [0.3, 0.4) is 0 Å². The highest BCUT2D eigenvalue weighted by atomic mass is 16.4. The Morgan fingerprint density at radius 2 is 2.50 bits per heavy atom. The molecule has 1 aromatic rings. The predicted molar refractivity (Wildman–Crippen MR) is 44.6 cm³/mol. The third-order valence-corrected chi connectivity index (χ3v) is 1.30. The van der Waals surface area contributed by atoms with E-state index in [-0.39, 0.29) is 13.8 Å². The number of carboxylic acids is 1. The molecular weight excluding hydrogens is 158 g/mol. The number of aliphatic carboxylic acids is 1. The van der Waals surface area contributed by atoms with E-state index < -0.39 is 12.0 Å². The molecule has 0 fully saturated rings. The van der Waals surface area contributed by atoms with Gasteiger partial charge in [0.2, 0.25) is 0 Å². The zero-order valence-corrected chi connectivity index (χ0v) is 5.82. The zero-order valence-electron chi connectivity index (χ0n) is 5.82.